The van der Waals surface area contributed by atoms with Gasteiger partial charge in [-0.1, -0.05) is 18.5 Å². The van der Waals surface area contributed by atoms with Crippen molar-refractivity contribution in [1.29, 1.82) is 0 Å². The van der Waals surface area contributed by atoms with Gasteiger partial charge in [0.1, 0.15) is 9.84 Å². The molecule has 1 aromatic carbocycles. The molecule has 0 spiro atoms. The first-order chi connectivity index (χ1) is 9.43. The minimum Gasteiger partial charge on any atom is -0.493 e. The zero-order chi connectivity index (χ0) is 15.2. The van der Waals surface area contributed by atoms with E-state index < -0.39 is 9.84 Å². The third-order valence-electron chi connectivity index (χ3n) is 2.77. The van der Waals surface area contributed by atoms with Crippen molar-refractivity contribution in [2.24, 2.45) is 0 Å². The Morgan fingerprint density at radius 3 is 2.60 bits per heavy atom. The molecule has 114 valence electrons. The molecule has 0 aromatic heterocycles. The van der Waals surface area contributed by atoms with Crippen molar-refractivity contribution < 1.29 is 23.0 Å². The first-order valence-electron chi connectivity index (χ1n) is 6.24. The van der Waals surface area contributed by atoms with Crippen molar-refractivity contribution in [2.75, 3.05) is 25.2 Å². The number of hydrogen-bond donors (Lipinski definition) is 1. The molecule has 5 nitrogen and oxygen atoms in total. The van der Waals surface area contributed by atoms with Crippen LogP contribution >= 0.6 is 11.6 Å². The van der Waals surface area contributed by atoms with Crippen LogP contribution in [0, 0.1) is 0 Å². The highest BCUT2D eigenvalue weighted by Crippen LogP contribution is 2.34. The minimum atomic E-state index is -2.99. The summed E-state index contributed by atoms with van der Waals surface area (Å²) in [7, 11) is -1.52. The van der Waals surface area contributed by atoms with Gasteiger partial charge in [-0.3, -0.25) is 0 Å². The second kappa shape index (κ2) is 7.71. The predicted molar refractivity (Wildman–Crippen MR) is 78.4 cm³/mol. The van der Waals surface area contributed by atoms with E-state index in [4.69, 9.17) is 21.1 Å². The van der Waals surface area contributed by atoms with Crippen LogP contribution in [0.3, 0.4) is 0 Å². The molecule has 0 bridgehead atoms. The summed E-state index contributed by atoms with van der Waals surface area (Å²) in [6.07, 6.45) is 0.382. The van der Waals surface area contributed by atoms with E-state index in [1.807, 2.05) is 0 Å². The number of halogens is 1. The second-order valence-corrected chi connectivity index (χ2v) is 7.10. The maximum atomic E-state index is 11.4. The number of hydrogen-bond acceptors (Lipinski definition) is 5. The van der Waals surface area contributed by atoms with Gasteiger partial charge >= 0.3 is 0 Å². The Kier molecular flexibility index (Phi) is 6.58. The van der Waals surface area contributed by atoms with E-state index >= 15 is 0 Å². The lowest BCUT2D eigenvalue weighted by molar-refractivity contribution is 0.255. The van der Waals surface area contributed by atoms with Crippen LogP contribution in [0.2, 0.25) is 5.02 Å². The third-order valence-corrected chi connectivity index (χ3v) is 4.78. The van der Waals surface area contributed by atoms with E-state index in [9.17, 15) is 13.5 Å². The summed E-state index contributed by atoms with van der Waals surface area (Å²) in [6, 6.07) is 3.17. The van der Waals surface area contributed by atoms with Gasteiger partial charge in [0.15, 0.2) is 11.5 Å². The zero-order valence-electron chi connectivity index (χ0n) is 11.6. The van der Waals surface area contributed by atoms with Gasteiger partial charge in [0, 0.05) is 22.4 Å². The van der Waals surface area contributed by atoms with Gasteiger partial charge in [-0.15, -0.1) is 0 Å². The standard InChI is InChI=1S/C13H19ClO5S/c1-3-20(16,17)6-4-5-19-13-10(9-15)7-11(14)8-12(13)18-2/h7-8,15H,3-6,9H2,1-2H3. The Balaban J connectivity index is 2.72. The molecule has 0 amide bonds. The number of rotatable bonds is 8. The Hall–Kier alpha value is -0.980. The fourth-order valence-electron chi connectivity index (χ4n) is 1.65. The van der Waals surface area contributed by atoms with Gasteiger partial charge in [-0.05, 0) is 12.5 Å². The Morgan fingerprint density at radius 1 is 1.35 bits per heavy atom. The fraction of sp³-hybridized carbons (Fsp3) is 0.538. The first kappa shape index (κ1) is 17.1. The minimum absolute atomic E-state index is 0.0772. The van der Waals surface area contributed by atoms with E-state index in [1.165, 1.54) is 7.11 Å². The Morgan fingerprint density at radius 2 is 2.05 bits per heavy atom. The molecule has 1 aromatic rings. The summed E-state index contributed by atoms with van der Waals surface area (Å²) in [5.41, 5.74) is 0.507. The first-order valence-corrected chi connectivity index (χ1v) is 8.44. The van der Waals surface area contributed by atoms with Crippen LogP contribution in [-0.4, -0.2) is 38.7 Å². The van der Waals surface area contributed by atoms with E-state index in [0.717, 1.165) is 0 Å². The number of ether oxygens (including phenoxy) is 2. The maximum absolute atomic E-state index is 11.4. The lowest BCUT2D eigenvalue weighted by Gasteiger charge is -2.14. The SMILES string of the molecule is CCS(=O)(=O)CCCOc1c(CO)cc(Cl)cc1OC. The monoisotopic (exact) mass is 322 g/mol. The van der Waals surface area contributed by atoms with E-state index in [-0.39, 0.29) is 24.7 Å². The van der Waals surface area contributed by atoms with Crippen molar-refractivity contribution in [3.63, 3.8) is 0 Å². The smallest absolute Gasteiger partial charge is 0.166 e. The van der Waals surface area contributed by atoms with Crippen molar-refractivity contribution >= 4 is 21.4 Å². The lowest BCUT2D eigenvalue weighted by atomic mass is 10.2. The molecule has 0 saturated carbocycles. The molecule has 0 aliphatic carbocycles. The van der Waals surface area contributed by atoms with Crippen LogP contribution in [-0.2, 0) is 16.4 Å². The number of benzene rings is 1. The average Bonchev–Trinajstić information content (AvgIpc) is 2.43. The predicted octanol–water partition coefficient (Wildman–Crippen LogP) is 2.04. The summed E-state index contributed by atoms with van der Waals surface area (Å²) >= 11 is 5.89. The molecule has 0 unspecified atom stereocenters. The van der Waals surface area contributed by atoms with Gasteiger partial charge in [-0.2, -0.15) is 0 Å². The molecular weight excluding hydrogens is 304 g/mol. The molecular formula is C13H19ClO5S. The molecule has 0 saturated heterocycles. The summed E-state index contributed by atoms with van der Waals surface area (Å²) in [5.74, 6) is 1.01. The molecule has 0 fully saturated rings. The highest BCUT2D eigenvalue weighted by Gasteiger charge is 2.13. The molecule has 0 aliphatic rings. The zero-order valence-corrected chi connectivity index (χ0v) is 13.1. The van der Waals surface area contributed by atoms with Crippen LogP contribution in [0.4, 0.5) is 0 Å². The highest BCUT2D eigenvalue weighted by atomic mass is 35.5. The quantitative estimate of drug-likeness (QED) is 0.741. The number of methoxy groups -OCH3 is 1. The summed E-state index contributed by atoms with van der Waals surface area (Å²) in [5, 5.41) is 9.73. The molecule has 0 radical (unpaired) electrons. The molecule has 0 heterocycles. The molecule has 7 heteroatoms. The van der Waals surface area contributed by atoms with Gasteiger partial charge in [0.25, 0.3) is 0 Å². The summed E-state index contributed by atoms with van der Waals surface area (Å²) < 4.78 is 33.4. The third kappa shape index (κ3) is 4.85. The number of aliphatic hydroxyl groups is 1. The van der Waals surface area contributed by atoms with Crippen LogP contribution in [0.5, 0.6) is 11.5 Å². The topological polar surface area (TPSA) is 72.8 Å². The Labute approximate surface area is 124 Å². The van der Waals surface area contributed by atoms with E-state index in [0.29, 0.717) is 28.5 Å². The number of sulfone groups is 1. The van der Waals surface area contributed by atoms with E-state index in [2.05, 4.69) is 0 Å². The molecule has 0 atom stereocenters. The molecule has 0 aliphatic heterocycles. The molecule has 1 N–H and O–H groups in total. The Bertz CT molecular complexity index is 517. The molecule has 1 rings (SSSR count). The van der Waals surface area contributed by atoms with Crippen LogP contribution < -0.4 is 9.47 Å². The van der Waals surface area contributed by atoms with Crippen LogP contribution in [0.15, 0.2) is 12.1 Å². The van der Waals surface area contributed by atoms with Crippen LogP contribution in [0.1, 0.15) is 18.9 Å². The van der Waals surface area contributed by atoms with Gasteiger partial charge in [-0.25, -0.2) is 8.42 Å². The van der Waals surface area contributed by atoms with Crippen molar-refractivity contribution in [3.8, 4) is 11.5 Å². The molecule has 20 heavy (non-hydrogen) atoms. The normalized spacial score (nSPS) is 11.4. The summed E-state index contributed by atoms with van der Waals surface area (Å²) in [6.45, 7) is 1.60. The van der Waals surface area contributed by atoms with Crippen LogP contribution in [0.25, 0.3) is 0 Å². The van der Waals surface area contributed by atoms with Crippen molar-refractivity contribution in [3.05, 3.63) is 22.7 Å². The average molecular weight is 323 g/mol. The summed E-state index contributed by atoms with van der Waals surface area (Å²) in [4.78, 5) is 0. The van der Waals surface area contributed by atoms with E-state index in [1.54, 1.807) is 19.1 Å². The second-order valence-electron chi connectivity index (χ2n) is 4.19. The van der Waals surface area contributed by atoms with Gasteiger partial charge < -0.3 is 14.6 Å². The number of aliphatic hydroxyl groups excluding tert-OH is 1. The van der Waals surface area contributed by atoms with Crippen molar-refractivity contribution in [2.45, 2.75) is 20.0 Å². The fourth-order valence-corrected chi connectivity index (χ4v) is 2.73. The highest BCUT2D eigenvalue weighted by molar-refractivity contribution is 7.91. The maximum Gasteiger partial charge on any atom is 0.166 e. The van der Waals surface area contributed by atoms with Crippen molar-refractivity contribution in [1.82, 2.24) is 0 Å². The largest absolute Gasteiger partial charge is 0.493 e. The van der Waals surface area contributed by atoms with Gasteiger partial charge in [0.2, 0.25) is 0 Å². The van der Waals surface area contributed by atoms with Gasteiger partial charge in [0.05, 0.1) is 26.1 Å². The lowest BCUT2D eigenvalue weighted by Crippen LogP contribution is -2.12.